The predicted molar refractivity (Wildman–Crippen MR) is 89.8 cm³/mol. The number of rotatable bonds is 4. The van der Waals surface area contributed by atoms with Gasteiger partial charge < -0.3 is 4.57 Å². The van der Waals surface area contributed by atoms with Crippen molar-refractivity contribution in [2.24, 2.45) is 0 Å². The summed E-state index contributed by atoms with van der Waals surface area (Å²) in [6, 6.07) is 6.74. The molecule has 1 aliphatic heterocycles. The standard InChI is InChI=1S/C17H20N4O2S/c1-13-5-6-15(11-18)10-17(13)24(22,23)21-8-3-4-16(21)12-20-9-7-19-14(20)2/h5-7,9-10,16H,3-4,8,12H2,1-2H3/t16-/m1/s1. The van der Waals surface area contributed by atoms with E-state index in [2.05, 4.69) is 4.98 Å². The first kappa shape index (κ1) is 16.7. The molecule has 0 radical (unpaired) electrons. The Bertz CT molecular complexity index is 896. The van der Waals surface area contributed by atoms with Gasteiger partial charge in [-0.2, -0.15) is 9.57 Å². The molecule has 2 heterocycles. The lowest BCUT2D eigenvalue weighted by Crippen LogP contribution is -2.38. The Hall–Kier alpha value is -2.17. The molecule has 0 unspecified atom stereocenters. The van der Waals surface area contributed by atoms with Gasteiger partial charge in [0.15, 0.2) is 0 Å². The Morgan fingerprint density at radius 3 is 2.83 bits per heavy atom. The van der Waals surface area contributed by atoms with Gasteiger partial charge in [0.05, 0.1) is 16.5 Å². The highest BCUT2D eigenvalue weighted by molar-refractivity contribution is 7.89. The van der Waals surface area contributed by atoms with Gasteiger partial charge in [-0.1, -0.05) is 6.07 Å². The van der Waals surface area contributed by atoms with Crippen LogP contribution >= 0.6 is 0 Å². The molecule has 0 saturated carbocycles. The number of hydrogen-bond donors (Lipinski definition) is 0. The van der Waals surface area contributed by atoms with Crippen LogP contribution in [0.2, 0.25) is 0 Å². The summed E-state index contributed by atoms with van der Waals surface area (Å²) in [5.74, 6) is 0.877. The normalized spacial score (nSPS) is 18.6. The summed E-state index contributed by atoms with van der Waals surface area (Å²) in [5, 5.41) is 9.07. The van der Waals surface area contributed by atoms with E-state index in [4.69, 9.17) is 5.26 Å². The quantitative estimate of drug-likeness (QED) is 0.852. The first-order chi connectivity index (χ1) is 11.4. The smallest absolute Gasteiger partial charge is 0.243 e. The van der Waals surface area contributed by atoms with Crippen molar-refractivity contribution in [2.45, 2.75) is 44.2 Å². The van der Waals surface area contributed by atoms with E-state index in [1.165, 1.54) is 6.07 Å². The van der Waals surface area contributed by atoms with Crippen LogP contribution in [-0.4, -0.2) is 34.9 Å². The lowest BCUT2D eigenvalue weighted by atomic mass is 10.2. The molecule has 0 aliphatic carbocycles. The van der Waals surface area contributed by atoms with E-state index in [1.54, 1.807) is 29.6 Å². The Kier molecular flexibility index (Phi) is 4.43. The molecule has 1 fully saturated rings. The Balaban J connectivity index is 1.94. The summed E-state index contributed by atoms with van der Waals surface area (Å²) in [5.41, 5.74) is 1.03. The highest BCUT2D eigenvalue weighted by Crippen LogP contribution is 2.29. The first-order valence-corrected chi connectivity index (χ1v) is 9.38. The molecule has 1 aromatic carbocycles. The molecule has 1 saturated heterocycles. The minimum absolute atomic E-state index is 0.0898. The molecule has 1 atom stereocenters. The summed E-state index contributed by atoms with van der Waals surface area (Å²) in [6.07, 6.45) is 5.27. The zero-order valence-corrected chi connectivity index (χ0v) is 14.6. The zero-order chi connectivity index (χ0) is 17.3. The molecule has 0 bridgehead atoms. The molecule has 2 aromatic rings. The Morgan fingerprint density at radius 2 is 2.17 bits per heavy atom. The molecule has 0 amide bonds. The molecule has 1 aliphatic rings. The summed E-state index contributed by atoms with van der Waals surface area (Å²) in [4.78, 5) is 4.43. The number of sulfonamides is 1. The van der Waals surface area contributed by atoms with Gasteiger partial charge in [0, 0.05) is 31.5 Å². The Morgan fingerprint density at radius 1 is 1.38 bits per heavy atom. The van der Waals surface area contributed by atoms with Gasteiger partial charge in [0.1, 0.15) is 5.82 Å². The molecule has 126 valence electrons. The van der Waals surface area contributed by atoms with Crippen molar-refractivity contribution in [1.82, 2.24) is 13.9 Å². The van der Waals surface area contributed by atoms with Gasteiger partial charge in [0.2, 0.25) is 10.0 Å². The van der Waals surface area contributed by atoms with Crippen LogP contribution in [0.4, 0.5) is 0 Å². The van der Waals surface area contributed by atoms with E-state index in [9.17, 15) is 8.42 Å². The topological polar surface area (TPSA) is 79.0 Å². The average molecular weight is 344 g/mol. The van der Waals surface area contributed by atoms with Crippen molar-refractivity contribution in [3.8, 4) is 6.07 Å². The molecule has 1 aromatic heterocycles. The first-order valence-electron chi connectivity index (χ1n) is 7.94. The molecule has 3 rings (SSSR count). The maximum absolute atomic E-state index is 13.1. The fraction of sp³-hybridized carbons (Fsp3) is 0.412. The number of nitrogens with zero attached hydrogens (tertiary/aromatic N) is 4. The number of aromatic nitrogens is 2. The zero-order valence-electron chi connectivity index (χ0n) is 13.8. The monoisotopic (exact) mass is 344 g/mol. The minimum Gasteiger partial charge on any atom is -0.334 e. The van der Waals surface area contributed by atoms with Crippen LogP contribution in [0.25, 0.3) is 0 Å². The number of benzene rings is 1. The van der Waals surface area contributed by atoms with Crippen LogP contribution in [0.5, 0.6) is 0 Å². The van der Waals surface area contributed by atoms with Gasteiger partial charge in [-0.25, -0.2) is 13.4 Å². The van der Waals surface area contributed by atoms with E-state index in [-0.39, 0.29) is 10.9 Å². The number of hydrogen-bond acceptors (Lipinski definition) is 4. The van der Waals surface area contributed by atoms with Crippen molar-refractivity contribution in [1.29, 1.82) is 5.26 Å². The van der Waals surface area contributed by atoms with Crippen molar-refractivity contribution in [3.63, 3.8) is 0 Å². The molecular formula is C17H20N4O2S. The van der Waals surface area contributed by atoms with Gasteiger partial charge in [-0.15, -0.1) is 0 Å². The van der Waals surface area contributed by atoms with E-state index < -0.39 is 10.0 Å². The second-order valence-electron chi connectivity index (χ2n) is 6.13. The maximum atomic E-state index is 13.1. The summed E-state index contributed by atoms with van der Waals surface area (Å²) < 4.78 is 29.8. The summed E-state index contributed by atoms with van der Waals surface area (Å²) in [6.45, 7) is 4.78. The van der Waals surface area contributed by atoms with Crippen molar-refractivity contribution in [2.75, 3.05) is 6.54 Å². The summed E-state index contributed by atoms with van der Waals surface area (Å²) in [7, 11) is -3.62. The highest BCUT2D eigenvalue weighted by Gasteiger charge is 2.36. The van der Waals surface area contributed by atoms with Crippen LogP contribution in [0.1, 0.15) is 29.8 Å². The second kappa shape index (κ2) is 6.38. The largest absolute Gasteiger partial charge is 0.334 e. The third-order valence-corrected chi connectivity index (χ3v) is 6.65. The van der Waals surface area contributed by atoms with Gasteiger partial charge in [-0.3, -0.25) is 0 Å². The molecule has 6 nitrogen and oxygen atoms in total. The van der Waals surface area contributed by atoms with Crippen molar-refractivity contribution in [3.05, 3.63) is 47.5 Å². The highest BCUT2D eigenvalue weighted by atomic mass is 32.2. The van der Waals surface area contributed by atoms with Crippen LogP contribution in [0, 0.1) is 25.2 Å². The lowest BCUT2D eigenvalue weighted by Gasteiger charge is -2.25. The lowest BCUT2D eigenvalue weighted by molar-refractivity contribution is 0.350. The van der Waals surface area contributed by atoms with Crippen molar-refractivity contribution < 1.29 is 8.42 Å². The van der Waals surface area contributed by atoms with Crippen LogP contribution < -0.4 is 0 Å². The fourth-order valence-corrected chi connectivity index (χ4v) is 5.14. The minimum atomic E-state index is -3.62. The number of nitriles is 1. The van der Waals surface area contributed by atoms with Crippen LogP contribution in [0.15, 0.2) is 35.5 Å². The predicted octanol–water partition coefficient (Wildman–Crippen LogP) is 2.22. The maximum Gasteiger partial charge on any atom is 0.243 e. The van der Waals surface area contributed by atoms with E-state index in [0.29, 0.717) is 24.2 Å². The second-order valence-corrected chi connectivity index (χ2v) is 7.99. The summed E-state index contributed by atoms with van der Waals surface area (Å²) >= 11 is 0. The third kappa shape index (κ3) is 2.95. The number of imidazole rings is 1. The molecule has 0 spiro atoms. The molecule has 0 N–H and O–H groups in total. The van der Waals surface area contributed by atoms with Crippen LogP contribution in [-0.2, 0) is 16.6 Å². The van der Waals surface area contributed by atoms with Crippen LogP contribution in [0.3, 0.4) is 0 Å². The molecule has 7 heteroatoms. The fourth-order valence-electron chi connectivity index (χ4n) is 3.21. The van der Waals surface area contributed by atoms with E-state index in [0.717, 1.165) is 18.7 Å². The average Bonchev–Trinajstić information content (AvgIpc) is 3.18. The van der Waals surface area contributed by atoms with Crippen molar-refractivity contribution >= 4 is 10.0 Å². The number of aryl methyl sites for hydroxylation is 2. The van der Waals surface area contributed by atoms with Gasteiger partial charge in [0.25, 0.3) is 0 Å². The van der Waals surface area contributed by atoms with E-state index in [1.807, 2.05) is 23.8 Å². The SMILES string of the molecule is Cc1ccc(C#N)cc1S(=O)(=O)N1CCC[C@@H]1Cn1ccnc1C. The Labute approximate surface area is 142 Å². The molecular weight excluding hydrogens is 324 g/mol. The third-order valence-electron chi connectivity index (χ3n) is 4.56. The molecule has 24 heavy (non-hydrogen) atoms. The van der Waals surface area contributed by atoms with Gasteiger partial charge >= 0.3 is 0 Å². The van der Waals surface area contributed by atoms with Gasteiger partial charge in [-0.05, 0) is 44.4 Å². The van der Waals surface area contributed by atoms with E-state index >= 15 is 0 Å².